The monoisotopic (exact) mass is 318 g/mol. The zero-order chi connectivity index (χ0) is 17.3. The van der Waals surface area contributed by atoms with Crippen molar-refractivity contribution >= 4 is 23.7 Å². The van der Waals surface area contributed by atoms with E-state index in [4.69, 9.17) is 5.11 Å². The van der Waals surface area contributed by atoms with E-state index in [0.29, 0.717) is 0 Å². The van der Waals surface area contributed by atoms with Crippen LogP contribution in [0.25, 0.3) is 0 Å². The van der Waals surface area contributed by atoms with Crippen molar-refractivity contribution in [3.05, 3.63) is 35.4 Å². The molecule has 2 N–H and O–H groups in total. The Hall–Kier alpha value is -2.70. The van der Waals surface area contributed by atoms with E-state index in [2.05, 4.69) is 5.32 Å². The van der Waals surface area contributed by atoms with Crippen LogP contribution in [0.5, 0.6) is 0 Å². The van der Waals surface area contributed by atoms with Gasteiger partial charge in [0.1, 0.15) is 12.1 Å². The first-order chi connectivity index (χ1) is 10.8. The predicted octanol–water partition coefficient (Wildman–Crippen LogP) is 0.896. The van der Waals surface area contributed by atoms with Gasteiger partial charge in [0.25, 0.3) is 11.8 Å². The number of nitrogens with zero attached hydrogens (tertiary/aromatic N) is 1. The lowest BCUT2D eigenvalue weighted by Crippen LogP contribution is -2.54. The highest BCUT2D eigenvalue weighted by atomic mass is 16.4. The molecule has 2 atom stereocenters. The van der Waals surface area contributed by atoms with Gasteiger partial charge in [-0.1, -0.05) is 26.0 Å². The number of hydrogen-bond donors (Lipinski definition) is 2. The van der Waals surface area contributed by atoms with Gasteiger partial charge in [-0.25, -0.2) is 0 Å². The summed E-state index contributed by atoms with van der Waals surface area (Å²) in [5, 5.41) is 11.2. The molecular weight excluding hydrogens is 300 g/mol. The average molecular weight is 318 g/mol. The molecule has 0 radical (unpaired) electrons. The van der Waals surface area contributed by atoms with Gasteiger partial charge in [-0.3, -0.25) is 24.1 Å². The topological polar surface area (TPSA) is 104 Å². The molecular formula is C16H18N2O5. The molecule has 1 unspecified atom stereocenters. The standard InChI is InChI=1S/C16H18N2O5/c1-8(2)12(13(19)17-9(3)16(22)23)18-14(20)10-6-4-5-7-11(10)15(18)21/h4-9,12H,1-3H3,(H,17,19)(H,22,23)/t9-,12?/m0/s1. The Bertz CT molecular complexity index is 648. The second kappa shape index (κ2) is 6.20. The second-order valence-corrected chi connectivity index (χ2v) is 5.78. The first-order valence-corrected chi connectivity index (χ1v) is 7.25. The van der Waals surface area contributed by atoms with Crippen molar-refractivity contribution < 1.29 is 24.3 Å². The van der Waals surface area contributed by atoms with Gasteiger partial charge in [-0.2, -0.15) is 0 Å². The number of benzene rings is 1. The van der Waals surface area contributed by atoms with E-state index in [9.17, 15) is 19.2 Å². The highest BCUT2D eigenvalue weighted by Crippen LogP contribution is 2.27. The summed E-state index contributed by atoms with van der Waals surface area (Å²) in [6.07, 6.45) is 0. The lowest BCUT2D eigenvalue weighted by molar-refractivity contribution is -0.142. The highest BCUT2D eigenvalue weighted by Gasteiger charge is 2.44. The van der Waals surface area contributed by atoms with Crippen LogP contribution >= 0.6 is 0 Å². The van der Waals surface area contributed by atoms with Gasteiger partial charge in [0.05, 0.1) is 11.1 Å². The van der Waals surface area contributed by atoms with Gasteiger partial charge in [-0.05, 0) is 25.0 Å². The molecule has 0 spiro atoms. The minimum atomic E-state index is -1.19. The van der Waals surface area contributed by atoms with Crippen molar-refractivity contribution in [3.63, 3.8) is 0 Å². The molecule has 0 aliphatic carbocycles. The summed E-state index contributed by atoms with van der Waals surface area (Å²) >= 11 is 0. The Morgan fingerprint density at radius 3 is 1.91 bits per heavy atom. The van der Waals surface area contributed by atoms with Crippen molar-refractivity contribution in [1.29, 1.82) is 0 Å². The SMILES string of the molecule is CC(C)C(C(=O)N[C@@H](C)C(=O)O)N1C(=O)c2ccccc2C1=O. The molecule has 0 bridgehead atoms. The number of carboxylic acid groups (broad SMARTS) is 1. The maximum absolute atomic E-state index is 12.5. The van der Waals surface area contributed by atoms with E-state index in [1.165, 1.54) is 19.1 Å². The molecule has 0 fully saturated rings. The summed E-state index contributed by atoms with van der Waals surface area (Å²) in [6.45, 7) is 4.71. The Morgan fingerprint density at radius 2 is 1.52 bits per heavy atom. The van der Waals surface area contributed by atoms with E-state index >= 15 is 0 Å². The molecule has 0 saturated heterocycles. The number of fused-ring (bicyclic) bond motifs is 1. The second-order valence-electron chi connectivity index (χ2n) is 5.78. The minimum absolute atomic E-state index is 0.252. The van der Waals surface area contributed by atoms with Gasteiger partial charge in [0.15, 0.2) is 0 Å². The number of hydrogen-bond acceptors (Lipinski definition) is 4. The van der Waals surface area contributed by atoms with E-state index in [0.717, 1.165) is 4.90 Å². The molecule has 23 heavy (non-hydrogen) atoms. The van der Waals surface area contributed by atoms with Crippen molar-refractivity contribution in [1.82, 2.24) is 10.2 Å². The first-order valence-electron chi connectivity index (χ1n) is 7.25. The molecule has 122 valence electrons. The number of amides is 3. The maximum atomic E-state index is 12.5. The van der Waals surface area contributed by atoms with E-state index in [1.54, 1.807) is 26.0 Å². The molecule has 2 rings (SSSR count). The quantitative estimate of drug-likeness (QED) is 0.785. The normalized spacial score (nSPS) is 16.3. The van der Waals surface area contributed by atoms with Crippen LogP contribution in [0, 0.1) is 5.92 Å². The summed E-state index contributed by atoms with van der Waals surface area (Å²) in [4.78, 5) is 49.2. The summed E-state index contributed by atoms with van der Waals surface area (Å²) in [5.74, 6) is -3.30. The Morgan fingerprint density at radius 1 is 1.04 bits per heavy atom. The van der Waals surface area contributed by atoms with Crippen LogP contribution in [0.1, 0.15) is 41.5 Å². The van der Waals surface area contributed by atoms with E-state index in [1.807, 2.05) is 0 Å². The molecule has 1 aromatic carbocycles. The molecule has 3 amide bonds. The number of rotatable bonds is 5. The molecule has 7 nitrogen and oxygen atoms in total. The Balaban J connectivity index is 2.33. The van der Waals surface area contributed by atoms with Gasteiger partial charge >= 0.3 is 5.97 Å². The van der Waals surface area contributed by atoms with Crippen LogP contribution in [0.4, 0.5) is 0 Å². The van der Waals surface area contributed by atoms with Crippen LogP contribution in [-0.4, -0.2) is 45.8 Å². The third-order valence-corrected chi connectivity index (χ3v) is 3.73. The Kier molecular flexibility index (Phi) is 4.49. The van der Waals surface area contributed by atoms with Crippen LogP contribution < -0.4 is 5.32 Å². The molecule has 1 aliphatic rings. The number of aliphatic carboxylic acids is 1. The number of carboxylic acids is 1. The van der Waals surface area contributed by atoms with Gasteiger partial charge in [0, 0.05) is 0 Å². The number of carbonyl (C=O) groups excluding carboxylic acids is 3. The molecule has 1 heterocycles. The van der Waals surface area contributed by atoms with Crippen LogP contribution in [0.2, 0.25) is 0 Å². The van der Waals surface area contributed by atoms with Gasteiger partial charge in [0.2, 0.25) is 5.91 Å². The lowest BCUT2D eigenvalue weighted by atomic mass is 10.0. The van der Waals surface area contributed by atoms with E-state index < -0.39 is 35.8 Å². The van der Waals surface area contributed by atoms with Crippen LogP contribution in [0.15, 0.2) is 24.3 Å². The molecule has 1 aliphatic heterocycles. The fourth-order valence-electron chi connectivity index (χ4n) is 2.54. The van der Waals surface area contributed by atoms with E-state index in [-0.39, 0.29) is 17.0 Å². The fraction of sp³-hybridized carbons (Fsp3) is 0.375. The molecule has 1 aromatic rings. The van der Waals surface area contributed by atoms with Crippen molar-refractivity contribution in [3.8, 4) is 0 Å². The van der Waals surface area contributed by atoms with Crippen molar-refractivity contribution in [2.75, 3.05) is 0 Å². The maximum Gasteiger partial charge on any atom is 0.325 e. The average Bonchev–Trinajstić information content (AvgIpc) is 2.73. The minimum Gasteiger partial charge on any atom is -0.480 e. The number of nitrogens with one attached hydrogen (secondary N) is 1. The lowest BCUT2D eigenvalue weighted by Gasteiger charge is -2.29. The number of imide groups is 1. The summed E-state index contributed by atoms with van der Waals surface area (Å²) < 4.78 is 0. The summed E-state index contributed by atoms with van der Waals surface area (Å²) in [5.41, 5.74) is 0.504. The van der Waals surface area contributed by atoms with Gasteiger partial charge in [-0.15, -0.1) is 0 Å². The van der Waals surface area contributed by atoms with Crippen molar-refractivity contribution in [2.45, 2.75) is 32.9 Å². The molecule has 7 heteroatoms. The fourth-order valence-corrected chi connectivity index (χ4v) is 2.54. The van der Waals surface area contributed by atoms with Crippen LogP contribution in [0.3, 0.4) is 0 Å². The Labute approximate surface area is 133 Å². The van der Waals surface area contributed by atoms with Crippen molar-refractivity contribution in [2.24, 2.45) is 5.92 Å². The highest BCUT2D eigenvalue weighted by molar-refractivity contribution is 6.22. The largest absolute Gasteiger partial charge is 0.480 e. The third-order valence-electron chi connectivity index (χ3n) is 3.73. The third kappa shape index (κ3) is 2.94. The smallest absolute Gasteiger partial charge is 0.325 e. The predicted molar refractivity (Wildman–Crippen MR) is 80.8 cm³/mol. The zero-order valence-electron chi connectivity index (χ0n) is 13.1. The van der Waals surface area contributed by atoms with Crippen LogP contribution in [-0.2, 0) is 9.59 Å². The molecule has 0 saturated carbocycles. The molecule has 0 aromatic heterocycles. The summed E-state index contributed by atoms with van der Waals surface area (Å²) in [6, 6.07) is 4.17. The first kappa shape index (κ1) is 16.7. The summed E-state index contributed by atoms with van der Waals surface area (Å²) in [7, 11) is 0. The van der Waals surface area contributed by atoms with Gasteiger partial charge < -0.3 is 10.4 Å². The number of carbonyl (C=O) groups is 4. The zero-order valence-corrected chi connectivity index (χ0v) is 13.1.